The maximum Gasteiger partial charge on any atom is 0.416 e. The molecule has 3 atom stereocenters. The molecule has 0 N–H and O–H groups in total. The molecule has 2 aliphatic rings. The van der Waals surface area contributed by atoms with Gasteiger partial charge in [-0.2, -0.15) is 13.2 Å². The van der Waals surface area contributed by atoms with Gasteiger partial charge in [0.05, 0.1) is 5.56 Å². The van der Waals surface area contributed by atoms with Gasteiger partial charge in [0.1, 0.15) is 11.9 Å². The first-order valence-corrected chi connectivity index (χ1v) is 6.99. The van der Waals surface area contributed by atoms with Crippen molar-refractivity contribution >= 4 is 0 Å². The van der Waals surface area contributed by atoms with Crippen molar-refractivity contribution in [3.05, 3.63) is 29.8 Å². The van der Waals surface area contributed by atoms with Gasteiger partial charge in [0, 0.05) is 12.1 Å². The number of alkyl halides is 3. The molecule has 2 heterocycles. The van der Waals surface area contributed by atoms with E-state index in [-0.39, 0.29) is 6.10 Å². The van der Waals surface area contributed by atoms with Crippen molar-refractivity contribution in [3.8, 4) is 5.75 Å². The van der Waals surface area contributed by atoms with E-state index in [1.165, 1.54) is 25.0 Å². The van der Waals surface area contributed by atoms with E-state index in [1.807, 2.05) is 0 Å². The second-order valence-corrected chi connectivity index (χ2v) is 5.78. The van der Waals surface area contributed by atoms with E-state index in [2.05, 4.69) is 11.9 Å². The summed E-state index contributed by atoms with van der Waals surface area (Å²) in [7, 11) is 2.15. The lowest BCUT2D eigenvalue weighted by molar-refractivity contribution is -0.137. The molecule has 2 fully saturated rings. The average molecular weight is 285 g/mol. The lowest BCUT2D eigenvalue weighted by atomic mass is 10.0. The Bertz CT molecular complexity index is 457. The number of rotatable bonds is 2. The minimum absolute atomic E-state index is 0.125. The van der Waals surface area contributed by atoms with E-state index in [4.69, 9.17) is 4.74 Å². The van der Waals surface area contributed by atoms with Gasteiger partial charge in [-0.1, -0.05) is 0 Å². The van der Waals surface area contributed by atoms with Crippen LogP contribution in [0, 0.1) is 0 Å². The van der Waals surface area contributed by atoms with Gasteiger partial charge in [0.25, 0.3) is 0 Å². The van der Waals surface area contributed by atoms with Crippen LogP contribution in [-0.4, -0.2) is 30.1 Å². The second kappa shape index (κ2) is 4.95. The maximum absolute atomic E-state index is 12.5. The van der Waals surface area contributed by atoms with E-state index in [0.717, 1.165) is 25.0 Å². The molecule has 1 aromatic rings. The Morgan fingerprint density at radius 3 is 2.10 bits per heavy atom. The molecule has 2 bridgehead atoms. The van der Waals surface area contributed by atoms with Gasteiger partial charge in [-0.15, -0.1) is 0 Å². The van der Waals surface area contributed by atoms with Crippen molar-refractivity contribution in [2.45, 2.75) is 50.0 Å². The Hall–Kier alpha value is -1.23. The Kier molecular flexibility index (Phi) is 3.40. The molecule has 20 heavy (non-hydrogen) atoms. The monoisotopic (exact) mass is 285 g/mol. The SMILES string of the molecule is CN1[C@@H]2CC[C@H]1CC(Oc1ccc(C(F)(F)F)cc1)C2. The van der Waals surface area contributed by atoms with Crippen LogP contribution in [0.5, 0.6) is 5.75 Å². The summed E-state index contributed by atoms with van der Waals surface area (Å²) in [5.74, 6) is 0.534. The van der Waals surface area contributed by atoms with Crippen LogP contribution in [0.4, 0.5) is 13.2 Å². The standard InChI is InChI=1S/C15H18F3NO/c1-19-11-4-5-12(19)9-14(8-11)20-13-6-2-10(3-7-13)15(16,17)18/h2-3,6-7,11-12,14H,4-5,8-9H2,1H3/t11-,12+,14?. The first-order valence-electron chi connectivity index (χ1n) is 6.99. The largest absolute Gasteiger partial charge is 0.490 e. The zero-order chi connectivity index (χ0) is 14.3. The molecular weight excluding hydrogens is 267 g/mol. The predicted molar refractivity (Wildman–Crippen MR) is 69.7 cm³/mol. The molecule has 0 amide bonds. The van der Waals surface area contributed by atoms with Gasteiger partial charge in [-0.3, -0.25) is 0 Å². The third-order valence-electron chi connectivity index (χ3n) is 4.54. The Morgan fingerprint density at radius 2 is 1.60 bits per heavy atom. The fourth-order valence-electron chi connectivity index (χ4n) is 3.37. The number of hydrogen-bond acceptors (Lipinski definition) is 2. The van der Waals surface area contributed by atoms with Gasteiger partial charge < -0.3 is 9.64 Å². The maximum atomic E-state index is 12.5. The molecule has 2 aliphatic heterocycles. The molecule has 1 unspecified atom stereocenters. The zero-order valence-corrected chi connectivity index (χ0v) is 11.4. The molecule has 5 heteroatoms. The lowest BCUT2D eigenvalue weighted by Gasteiger charge is -2.36. The fourth-order valence-corrected chi connectivity index (χ4v) is 3.37. The van der Waals surface area contributed by atoms with E-state index < -0.39 is 11.7 Å². The van der Waals surface area contributed by atoms with Crippen LogP contribution in [0.1, 0.15) is 31.2 Å². The van der Waals surface area contributed by atoms with E-state index in [9.17, 15) is 13.2 Å². The highest BCUT2D eigenvalue weighted by Crippen LogP contribution is 2.36. The van der Waals surface area contributed by atoms with E-state index >= 15 is 0 Å². The van der Waals surface area contributed by atoms with Crippen LogP contribution in [0.3, 0.4) is 0 Å². The molecule has 3 rings (SSSR count). The molecule has 2 saturated heterocycles. The minimum Gasteiger partial charge on any atom is -0.490 e. The number of piperidine rings is 1. The van der Waals surface area contributed by atoms with Gasteiger partial charge in [-0.25, -0.2) is 0 Å². The molecule has 0 saturated carbocycles. The number of benzene rings is 1. The van der Waals surface area contributed by atoms with Crippen LogP contribution in [0.15, 0.2) is 24.3 Å². The molecule has 2 nitrogen and oxygen atoms in total. The Morgan fingerprint density at radius 1 is 1.05 bits per heavy atom. The smallest absolute Gasteiger partial charge is 0.416 e. The zero-order valence-electron chi connectivity index (χ0n) is 11.4. The summed E-state index contributed by atoms with van der Waals surface area (Å²) in [5, 5.41) is 0. The summed E-state index contributed by atoms with van der Waals surface area (Å²) in [4.78, 5) is 2.41. The third kappa shape index (κ3) is 2.64. The van der Waals surface area contributed by atoms with Crippen molar-refractivity contribution < 1.29 is 17.9 Å². The summed E-state index contributed by atoms with van der Waals surface area (Å²) in [6, 6.07) is 6.13. The first-order chi connectivity index (χ1) is 9.43. The highest BCUT2D eigenvalue weighted by molar-refractivity contribution is 5.29. The van der Waals surface area contributed by atoms with Crippen molar-refractivity contribution in [3.63, 3.8) is 0 Å². The van der Waals surface area contributed by atoms with Crippen molar-refractivity contribution in [2.24, 2.45) is 0 Å². The molecule has 110 valence electrons. The van der Waals surface area contributed by atoms with Gasteiger partial charge in [0.15, 0.2) is 0 Å². The highest BCUT2D eigenvalue weighted by atomic mass is 19.4. The van der Waals surface area contributed by atoms with Crippen molar-refractivity contribution in [1.29, 1.82) is 0 Å². The highest BCUT2D eigenvalue weighted by Gasteiger charge is 2.39. The van der Waals surface area contributed by atoms with Crippen LogP contribution < -0.4 is 4.74 Å². The summed E-state index contributed by atoms with van der Waals surface area (Å²) in [6.07, 6.45) is 0.176. The predicted octanol–water partition coefficient (Wildman–Crippen LogP) is 3.71. The Labute approximate surface area is 116 Å². The van der Waals surface area contributed by atoms with Crippen LogP contribution in [0.2, 0.25) is 0 Å². The van der Waals surface area contributed by atoms with Gasteiger partial charge in [0.2, 0.25) is 0 Å². The molecule has 1 aromatic carbocycles. The molecule has 0 spiro atoms. The minimum atomic E-state index is -4.29. The normalized spacial score (nSPS) is 30.5. The van der Waals surface area contributed by atoms with Gasteiger partial charge >= 0.3 is 6.18 Å². The summed E-state index contributed by atoms with van der Waals surface area (Å²) in [6.45, 7) is 0. The number of hydrogen-bond donors (Lipinski definition) is 0. The van der Waals surface area contributed by atoms with Crippen molar-refractivity contribution in [1.82, 2.24) is 4.90 Å². The quantitative estimate of drug-likeness (QED) is 0.821. The molecule has 0 radical (unpaired) electrons. The van der Waals surface area contributed by atoms with E-state index in [1.54, 1.807) is 0 Å². The average Bonchev–Trinajstić information content (AvgIpc) is 2.62. The fraction of sp³-hybridized carbons (Fsp3) is 0.600. The number of halogens is 3. The molecular formula is C15H18F3NO. The first kappa shape index (κ1) is 13.7. The Balaban J connectivity index is 1.64. The topological polar surface area (TPSA) is 12.5 Å². The molecule has 0 aliphatic carbocycles. The summed E-state index contributed by atoms with van der Waals surface area (Å²) >= 11 is 0. The van der Waals surface area contributed by atoms with Crippen LogP contribution in [0.25, 0.3) is 0 Å². The second-order valence-electron chi connectivity index (χ2n) is 5.78. The summed E-state index contributed by atoms with van der Waals surface area (Å²) < 4.78 is 43.3. The lowest BCUT2D eigenvalue weighted by Crippen LogP contribution is -2.43. The molecule has 0 aromatic heterocycles. The number of fused-ring (bicyclic) bond motifs is 2. The number of ether oxygens (including phenoxy) is 1. The van der Waals surface area contributed by atoms with Crippen LogP contribution >= 0.6 is 0 Å². The number of nitrogens with zero attached hydrogens (tertiary/aromatic N) is 1. The van der Waals surface area contributed by atoms with Crippen molar-refractivity contribution in [2.75, 3.05) is 7.05 Å². The van der Waals surface area contributed by atoms with E-state index in [0.29, 0.717) is 17.8 Å². The van der Waals surface area contributed by atoms with Gasteiger partial charge in [-0.05, 0) is 57.0 Å². The van der Waals surface area contributed by atoms with Crippen LogP contribution in [-0.2, 0) is 6.18 Å². The summed E-state index contributed by atoms with van der Waals surface area (Å²) in [5.41, 5.74) is -0.631. The third-order valence-corrected chi connectivity index (χ3v) is 4.54.